The Labute approximate surface area is 143 Å². The smallest absolute Gasteiger partial charge is 0.129 e. The lowest BCUT2D eigenvalue weighted by atomic mass is 10.0. The molecular formula is C18H26N6. The van der Waals surface area contributed by atoms with Gasteiger partial charge < -0.3 is 5.32 Å². The summed E-state index contributed by atoms with van der Waals surface area (Å²) in [5, 5.41) is 8.26. The molecule has 1 aliphatic carbocycles. The van der Waals surface area contributed by atoms with Crippen LogP contribution in [0.4, 0.5) is 5.82 Å². The van der Waals surface area contributed by atoms with Gasteiger partial charge in [0.1, 0.15) is 12.1 Å². The van der Waals surface area contributed by atoms with Crippen molar-refractivity contribution in [3.8, 4) is 0 Å². The SMILES string of the molecule is Cc1cc(NC2CCN(Cc3c4c(nn3C)CCC4)CC2)ncn1. The number of rotatable bonds is 4. The van der Waals surface area contributed by atoms with Gasteiger partial charge in [0.2, 0.25) is 0 Å². The van der Waals surface area contributed by atoms with Crippen LogP contribution < -0.4 is 5.32 Å². The molecule has 1 aliphatic heterocycles. The topological polar surface area (TPSA) is 58.9 Å². The average Bonchev–Trinajstić information content (AvgIpc) is 3.12. The molecule has 0 aromatic carbocycles. The molecule has 24 heavy (non-hydrogen) atoms. The Balaban J connectivity index is 1.33. The van der Waals surface area contributed by atoms with Crippen LogP contribution in [0.2, 0.25) is 0 Å². The second kappa shape index (κ2) is 6.51. The highest BCUT2D eigenvalue weighted by Crippen LogP contribution is 2.26. The molecule has 0 unspecified atom stereocenters. The van der Waals surface area contributed by atoms with Crippen molar-refractivity contribution < 1.29 is 0 Å². The van der Waals surface area contributed by atoms with Crippen LogP contribution in [0.3, 0.4) is 0 Å². The number of anilines is 1. The number of nitrogens with one attached hydrogen (secondary N) is 1. The zero-order valence-electron chi connectivity index (χ0n) is 14.6. The Morgan fingerprint density at radius 2 is 2.04 bits per heavy atom. The molecule has 2 aromatic heterocycles. The van der Waals surface area contributed by atoms with Gasteiger partial charge in [0.05, 0.1) is 11.4 Å². The van der Waals surface area contributed by atoms with Crippen molar-refractivity contribution in [2.75, 3.05) is 18.4 Å². The minimum absolute atomic E-state index is 0.507. The van der Waals surface area contributed by atoms with E-state index in [1.807, 2.05) is 13.0 Å². The molecule has 2 aliphatic rings. The minimum Gasteiger partial charge on any atom is -0.367 e. The molecule has 6 nitrogen and oxygen atoms in total. The third kappa shape index (κ3) is 3.15. The van der Waals surface area contributed by atoms with Crippen molar-refractivity contribution in [1.29, 1.82) is 0 Å². The van der Waals surface area contributed by atoms with E-state index >= 15 is 0 Å². The van der Waals surface area contributed by atoms with Crippen molar-refractivity contribution in [2.45, 2.75) is 51.6 Å². The largest absolute Gasteiger partial charge is 0.367 e. The van der Waals surface area contributed by atoms with Gasteiger partial charge in [0, 0.05) is 44.5 Å². The molecule has 0 bridgehead atoms. The predicted octanol–water partition coefficient (Wildman–Crippen LogP) is 2.08. The molecule has 0 saturated carbocycles. The van der Waals surface area contributed by atoms with E-state index in [2.05, 4.69) is 31.9 Å². The third-order valence-corrected chi connectivity index (χ3v) is 5.32. The van der Waals surface area contributed by atoms with Crippen LogP contribution in [0.25, 0.3) is 0 Å². The molecule has 0 amide bonds. The molecule has 0 radical (unpaired) electrons. The maximum Gasteiger partial charge on any atom is 0.129 e. The fourth-order valence-corrected chi connectivity index (χ4v) is 3.97. The fraction of sp³-hybridized carbons (Fsp3) is 0.611. The van der Waals surface area contributed by atoms with Gasteiger partial charge in [-0.2, -0.15) is 5.10 Å². The molecule has 6 heteroatoms. The summed E-state index contributed by atoms with van der Waals surface area (Å²) in [5.74, 6) is 0.949. The first-order valence-corrected chi connectivity index (χ1v) is 9.00. The Hall–Kier alpha value is -1.95. The molecule has 1 N–H and O–H groups in total. The molecule has 4 rings (SSSR count). The molecule has 3 heterocycles. The number of hydrogen-bond acceptors (Lipinski definition) is 5. The average molecular weight is 326 g/mol. The Morgan fingerprint density at radius 1 is 1.21 bits per heavy atom. The number of likely N-dealkylation sites (tertiary alicyclic amines) is 1. The quantitative estimate of drug-likeness (QED) is 0.932. The van der Waals surface area contributed by atoms with Crippen molar-refractivity contribution >= 4 is 5.82 Å². The van der Waals surface area contributed by atoms with E-state index in [1.165, 1.54) is 29.8 Å². The van der Waals surface area contributed by atoms with Crippen LogP contribution in [0.15, 0.2) is 12.4 Å². The highest BCUT2D eigenvalue weighted by atomic mass is 15.3. The highest BCUT2D eigenvalue weighted by Gasteiger charge is 2.25. The second-order valence-corrected chi connectivity index (χ2v) is 7.09. The normalized spacial score (nSPS) is 18.8. The number of hydrogen-bond donors (Lipinski definition) is 1. The van der Waals surface area contributed by atoms with E-state index in [4.69, 9.17) is 5.10 Å². The molecule has 1 saturated heterocycles. The zero-order valence-corrected chi connectivity index (χ0v) is 14.6. The standard InChI is InChI=1S/C18H26N6/c1-13-10-18(20-12-19-13)21-14-6-8-24(9-7-14)11-17-15-4-3-5-16(15)22-23(17)2/h10,12,14H,3-9,11H2,1-2H3,(H,19,20,21). The van der Waals surface area contributed by atoms with Gasteiger partial charge in [0.15, 0.2) is 0 Å². The first kappa shape index (κ1) is 15.6. The zero-order chi connectivity index (χ0) is 16.5. The predicted molar refractivity (Wildman–Crippen MR) is 93.9 cm³/mol. The number of aromatic nitrogens is 4. The number of piperidine rings is 1. The molecule has 0 atom stereocenters. The van der Waals surface area contributed by atoms with Gasteiger partial charge in [-0.3, -0.25) is 9.58 Å². The minimum atomic E-state index is 0.507. The van der Waals surface area contributed by atoms with Crippen molar-refractivity contribution in [1.82, 2.24) is 24.6 Å². The van der Waals surface area contributed by atoms with Crippen molar-refractivity contribution in [3.05, 3.63) is 35.0 Å². The van der Waals surface area contributed by atoms with Gasteiger partial charge in [0.25, 0.3) is 0 Å². The van der Waals surface area contributed by atoms with Gasteiger partial charge in [-0.15, -0.1) is 0 Å². The fourth-order valence-electron chi connectivity index (χ4n) is 3.97. The lowest BCUT2D eigenvalue weighted by molar-refractivity contribution is 0.206. The number of aryl methyl sites for hydroxylation is 3. The van der Waals surface area contributed by atoms with Gasteiger partial charge in [-0.1, -0.05) is 0 Å². The van der Waals surface area contributed by atoms with E-state index in [1.54, 1.807) is 6.33 Å². The summed E-state index contributed by atoms with van der Waals surface area (Å²) >= 11 is 0. The van der Waals surface area contributed by atoms with Gasteiger partial charge in [-0.25, -0.2) is 9.97 Å². The molecule has 128 valence electrons. The highest BCUT2D eigenvalue weighted by molar-refractivity contribution is 5.35. The van der Waals surface area contributed by atoms with Crippen LogP contribution >= 0.6 is 0 Å². The van der Waals surface area contributed by atoms with E-state index < -0.39 is 0 Å². The monoisotopic (exact) mass is 326 g/mol. The van der Waals surface area contributed by atoms with Gasteiger partial charge >= 0.3 is 0 Å². The summed E-state index contributed by atoms with van der Waals surface area (Å²) < 4.78 is 2.11. The number of nitrogens with zero attached hydrogens (tertiary/aromatic N) is 5. The summed E-state index contributed by atoms with van der Waals surface area (Å²) in [5.41, 5.74) is 5.30. The molecule has 2 aromatic rings. The maximum absolute atomic E-state index is 4.70. The van der Waals surface area contributed by atoms with Crippen molar-refractivity contribution in [2.24, 2.45) is 7.05 Å². The number of fused-ring (bicyclic) bond motifs is 1. The lowest BCUT2D eigenvalue weighted by Crippen LogP contribution is -2.39. The summed E-state index contributed by atoms with van der Waals surface area (Å²) in [6.07, 6.45) is 7.59. The van der Waals surface area contributed by atoms with E-state index in [0.29, 0.717) is 6.04 Å². The van der Waals surface area contributed by atoms with E-state index in [-0.39, 0.29) is 0 Å². The summed E-state index contributed by atoms with van der Waals surface area (Å²) in [7, 11) is 2.10. The summed E-state index contributed by atoms with van der Waals surface area (Å²) in [6.45, 7) is 5.29. The maximum atomic E-state index is 4.70. The molecule has 1 fully saturated rings. The second-order valence-electron chi connectivity index (χ2n) is 7.09. The molecular weight excluding hydrogens is 300 g/mol. The Kier molecular flexibility index (Phi) is 4.22. The third-order valence-electron chi connectivity index (χ3n) is 5.32. The van der Waals surface area contributed by atoms with Gasteiger partial charge in [-0.05, 0) is 44.6 Å². The molecule has 0 spiro atoms. The summed E-state index contributed by atoms with van der Waals surface area (Å²) in [4.78, 5) is 11.0. The Morgan fingerprint density at radius 3 is 2.83 bits per heavy atom. The van der Waals surface area contributed by atoms with E-state index in [9.17, 15) is 0 Å². The first-order valence-electron chi connectivity index (χ1n) is 9.00. The van der Waals surface area contributed by atoms with Crippen LogP contribution in [0, 0.1) is 6.92 Å². The van der Waals surface area contributed by atoms with Crippen LogP contribution in [-0.4, -0.2) is 43.8 Å². The Bertz CT molecular complexity index is 714. The van der Waals surface area contributed by atoms with Crippen LogP contribution in [-0.2, 0) is 26.4 Å². The lowest BCUT2D eigenvalue weighted by Gasteiger charge is -2.32. The summed E-state index contributed by atoms with van der Waals surface area (Å²) in [6, 6.07) is 2.53. The van der Waals surface area contributed by atoms with Crippen LogP contribution in [0.5, 0.6) is 0 Å². The van der Waals surface area contributed by atoms with E-state index in [0.717, 1.165) is 50.4 Å². The van der Waals surface area contributed by atoms with Crippen molar-refractivity contribution in [3.63, 3.8) is 0 Å². The first-order chi connectivity index (χ1) is 11.7. The van der Waals surface area contributed by atoms with Crippen LogP contribution in [0.1, 0.15) is 41.9 Å².